The van der Waals surface area contributed by atoms with Gasteiger partial charge in [-0.15, -0.1) is 0 Å². The molecule has 1 fully saturated rings. The summed E-state index contributed by atoms with van der Waals surface area (Å²) >= 11 is 0. The van der Waals surface area contributed by atoms with Gasteiger partial charge in [-0.1, -0.05) is 12.2 Å². The highest BCUT2D eigenvalue weighted by Gasteiger charge is 2.47. The molecule has 0 aromatic carbocycles. The van der Waals surface area contributed by atoms with Gasteiger partial charge in [-0.2, -0.15) is 0 Å². The van der Waals surface area contributed by atoms with E-state index in [-0.39, 0.29) is 41.8 Å². The average molecular weight is 301 g/mol. The van der Waals surface area contributed by atoms with Crippen LogP contribution < -0.4 is 5.32 Å². The van der Waals surface area contributed by atoms with Gasteiger partial charge < -0.3 is 10.4 Å². The van der Waals surface area contributed by atoms with Crippen LogP contribution in [0, 0.1) is 11.8 Å². The topological polar surface area (TPSA) is 99.6 Å². The Bertz CT molecular complexity index is 645. The van der Waals surface area contributed by atoms with Crippen molar-refractivity contribution in [1.82, 2.24) is 9.88 Å². The summed E-state index contributed by atoms with van der Waals surface area (Å²) in [5.74, 6) is -2.05. The number of amides is 3. The predicted molar refractivity (Wildman–Crippen MR) is 76.6 cm³/mol. The van der Waals surface area contributed by atoms with Crippen LogP contribution in [0.25, 0.3) is 0 Å². The van der Waals surface area contributed by atoms with Gasteiger partial charge in [-0.25, -0.2) is 4.98 Å². The molecule has 1 aromatic heterocycles. The van der Waals surface area contributed by atoms with Gasteiger partial charge >= 0.3 is 0 Å². The summed E-state index contributed by atoms with van der Waals surface area (Å²) in [5, 5.41) is 12.0. The van der Waals surface area contributed by atoms with Crippen molar-refractivity contribution in [3.63, 3.8) is 0 Å². The standard InChI is InChI=1S/C15H15N3O4/c19-11-6-3-7-16-13(11)17-12(20)8-18-14(21)9-4-1-2-5-10(9)15(18)22/h1-3,6-7,9-10,19H,4-5,8H2,(H,16,17,20)/t9-,10-/m0/s1. The lowest BCUT2D eigenvalue weighted by atomic mass is 9.85. The fraction of sp³-hybridized carbons (Fsp3) is 0.333. The zero-order valence-electron chi connectivity index (χ0n) is 11.7. The minimum Gasteiger partial charge on any atom is -0.504 e. The van der Waals surface area contributed by atoms with Crippen molar-refractivity contribution in [3.05, 3.63) is 30.5 Å². The third kappa shape index (κ3) is 2.45. The number of hydrogen-bond donors (Lipinski definition) is 2. The van der Waals surface area contributed by atoms with Gasteiger partial charge in [0.25, 0.3) is 0 Å². The number of aromatic nitrogens is 1. The number of likely N-dealkylation sites (tertiary alicyclic amines) is 1. The van der Waals surface area contributed by atoms with Crippen LogP contribution in [0.5, 0.6) is 5.75 Å². The molecule has 0 spiro atoms. The lowest BCUT2D eigenvalue weighted by Gasteiger charge is -2.14. The van der Waals surface area contributed by atoms with E-state index >= 15 is 0 Å². The Kier molecular flexibility index (Phi) is 3.62. The molecule has 7 heteroatoms. The summed E-state index contributed by atoms with van der Waals surface area (Å²) in [6.07, 6.45) is 6.27. The monoisotopic (exact) mass is 301 g/mol. The van der Waals surface area contributed by atoms with E-state index in [1.165, 1.54) is 18.3 Å². The molecule has 0 bridgehead atoms. The Hall–Kier alpha value is -2.70. The maximum absolute atomic E-state index is 12.2. The van der Waals surface area contributed by atoms with Crippen molar-refractivity contribution in [1.29, 1.82) is 0 Å². The molecule has 0 saturated carbocycles. The van der Waals surface area contributed by atoms with Gasteiger partial charge in [0.05, 0.1) is 11.8 Å². The number of nitrogens with zero attached hydrogens (tertiary/aromatic N) is 2. The molecule has 2 atom stereocenters. The fourth-order valence-electron chi connectivity index (χ4n) is 2.83. The number of carbonyl (C=O) groups excluding carboxylic acids is 3. The van der Waals surface area contributed by atoms with Crippen molar-refractivity contribution < 1.29 is 19.5 Å². The maximum Gasteiger partial charge on any atom is 0.245 e. The summed E-state index contributed by atoms with van der Waals surface area (Å²) in [4.78, 5) is 41.3. The normalized spacial score (nSPS) is 23.5. The van der Waals surface area contributed by atoms with E-state index in [2.05, 4.69) is 10.3 Å². The molecule has 3 amide bonds. The first-order chi connectivity index (χ1) is 10.6. The zero-order chi connectivity index (χ0) is 15.7. The molecule has 7 nitrogen and oxygen atoms in total. The average Bonchev–Trinajstić information content (AvgIpc) is 2.75. The van der Waals surface area contributed by atoms with E-state index in [4.69, 9.17) is 0 Å². The van der Waals surface area contributed by atoms with Crippen LogP contribution in [-0.4, -0.2) is 39.3 Å². The van der Waals surface area contributed by atoms with Crippen molar-refractivity contribution >= 4 is 23.5 Å². The maximum atomic E-state index is 12.2. The summed E-state index contributed by atoms with van der Waals surface area (Å²) < 4.78 is 0. The van der Waals surface area contributed by atoms with Gasteiger partial charge in [0.1, 0.15) is 6.54 Å². The minimum atomic E-state index is -0.567. The summed E-state index contributed by atoms with van der Waals surface area (Å²) in [5.41, 5.74) is 0. The van der Waals surface area contributed by atoms with Crippen molar-refractivity contribution in [2.24, 2.45) is 11.8 Å². The van der Waals surface area contributed by atoms with Crippen LogP contribution in [-0.2, 0) is 14.4 Å². The molecule has 1 aromatic rings. The zero-order valence-corrected chi connectivity index (χ0v) is 11.7. The molecule has 0 radical (unpaired) electrons. The van der Waals surface area contributed by atoms with E-state index in [0.717, 1.165) is 4.90 Å². The largest absolute Gasteiger partial charge is 0.504 e. The third-order valence-corrected chi connectivity index (χ3v) is 3.94. The first-order valence-corrected chi connectivity index (χ1v) is 7.02. The van der Waals surface area contributed by atoms with Gasteiger partial charge in [-0.05, 0) is 25.0 Å². The van der Waals surface area contributed by atoms with Crippen LogP contribution in [0.15, 0.2) is 30.5 Å². The quantitative estimate of drug-likeness (QED) is 0.631. The van der Waals surface area contributed by atoms with Crippen LogP contribution >= 0.6 is 0 Å². The smallest absolute Gasteiger partial charge is 0.245 e. The van der Waals surface area contributed by atoms with E-state index in [9.17, 15) is 19.5 Å². The van der Waals surface area contributed by atoms with Crippen molar-refractivity contribution in [2.45, 2.75) is 12.8 Å². The third-order valence-electron chi connectivity index (χ3n) is 3.94. The van der Waals surface area contributed by atoms with E-state index in [1.807, 2.05) is 12.2 Å². The number of nitrogens with one attached hydrogen (secondary N) is 1. The SMILES string of the molecule is O=C(CN1C(=O)[C@H]2CC=CC[C@@H]2C1=O)Nc1ncccc1O. The van der Waals surface area contributed by atoms with Gasteiger partial charge in [0.15, 0.2) is 11.6 Å². The Morgan fingerprint density at radius 3 is 2.50 bits per heavy atom. The lowest BCUT2D eigenvalue weighted by Crippen LogP contribution is -2.38. The fourth-order valence-corrected chi connectivity index (χ4v) is 2.83. The number of aromatic hydroxyl groups is 1. The van der Waals surface area contributed by atoms with Crippen molar-refractivity contribution in [3.8, 4) is 5.75 Å². The van der Waals surface area contributed by atoms with Gasteiger partial charge in [0, 0.05) is 6.20 Å². The second-order valence-corrected chi connectivity index (χ2v) is 5.34. The minimum absolute atomic E-state index is 0.00526. The molecule has 2 heterocycles. The first-order valence-electron chi connectivity index (χ1n) is 7.02. The second kappa shape index (κ2) is 5.59. The number of imide groups is 1. The van der Waals surface area contributed by atoms with E-state index < -0.39 is 5.91 Å². The van der Waals surface area contributed by atoms with E-state index in [0.29, 0.717) is 12.8 Å². The molecule has 1 saturated heterocycles. The molecule has 1 aliphatic carbocycles. The Balaban J connectivity index is 1.68. The van der Waals surface area contributed by atoms with Gasteiger partial charge in [0.2, 0.25) is 17.7 Å². The molecule has 22 heavy (non-hydrogen) atoms. The van der Waals surface area contributed by atoms with Crippen molar-refractivity contribution in [2.75, 3.05) is 11.9 Å². The summed E-state index contributed by atoms with van der Waals surface area (Å²) in [6.45, 7) is -0.360. The number of hydrogen-bond acceptors (Lipinski definition) is 5. The summed E-state index contributed by atoms with van der Waals surface area (Å²) in [6, 6.07) is 2.91. The highest BCUT2D eigenvalue weighted by Crippen LogP contribution is 2.34. The molecular weight excluding hydrogens is 286 g/mol. The number of anilines is 1. The van der Waals surface area contributed by atoms with Crippen LogP contribution in [0.1, 0.15) is 12.8 Å². The van der Waals surface area contributed by atoms with Crippen LogP contribution in [0.3, 0.4) is 0 Å². The Morgan fingerprint density at radius 2 is 1.91 bits per heavy atom. The predicted octanol–water partition coefficient (Wildman–Crippen LogP) is 0.677. The molecule has 0 unspecified atom stereocenters. The first kappa shape index (κ1) is 14.2. The van der Waals surface area contributed by atoms with Crippen LogP contribution in [0.4, 0.5) is 5.82 Å². The lowest BCUT2D eigenvalue weighted by molar-refractivity contribution is -0.142. The second-order valence-electron chi connectivity index (χ2n) is 5.34. The molecular formula is C15H15N3O4. The molecule has 114 valence electrons. The highest BCUT2D eigenvalue weighted by atomic mass is 16.3. The number of allylic oxidation sites excluding steroid dienone is 2. The number of pyridine rings is 1. The van der Waals surface area contributed by atoms with Crippen LogP contribution in [0.2, 0.25) is 0 Å². The Labute approximate surface area is 126 Å². The molecule has 2 N–H and O–H groups in total. The number of fused-ring (bicyclic) bond motifs is 1. The van der Waals surface area contributed by atoms with Gasteiger partial charge in [-0.3, -0.25) is 19.3 Å². The summed E-state index contributed by atoms with van der Waals surface area (Å²) in [7, 11) is 0. The number of carbonyl (C=O) groups is 3. The molecule has 2 aliphatic rings. The Morgan fingerprint density at radius 1 is 1.27 bits per heavy atom. The highest BCUT2D eigenvalue weighted by molar-refractivity contribution is 6.08. The van der Waals surface area contributed by atoms with E-state index in [1.54, 1.807) is 0 Å². The number of rotatable bonds is 3. The molecule has 1 aliphatic heterocycles. The molecule has 3 rings (SSSR count).